The summed E-state index contributed by atoms with van der Waals surface area (Å²) in [5, 5.41) is 0. The molecule has 1 atom stereocenters. The summed E-state index contributed by atoms with van der Waals surface area (Å²) < 4.78 is 148. The minimum absolute atomic E-state index is 0.199. The topological polar surface area (TPSA) is 0 Å². The first-order valence-electron chi connectivity index (χ1n) is 8.17. The fourth-order valence-electron chi connectivity index (χ4n) is 2.92. The van der Waals surface area contributed by atoms with Gasteiger partial charge >= 0.3 is 29.6 Å². The van der Waals surface area contributed by atoms with E-state index in [0.717, 1.165) is 12.8 Å². The maximum absolute atomic E-state index is 14.5. The quantitative estimate of drug-likeness (QED) is 0.132. The zero-order valence-electron chi connectivity index (χ0n) is 14.1. The van der Waals surface area contributed by atoms with Crippen LogP contribution in [0, 0.1) is 0 Å². The molecule has 0 aliphatic heterocycles. The van der Waals surface area contributed by atoms with Crippen LogP contribution in [0.1, 0.15) is 51.9 Å². The largest absolute Gasteiger partial charge is 0.384 e. The highest BCUT2D eigenvalue weighted by Gasteiger charge is 3.00. The average Bonchev–Trinajstić information content (AvgIpc) is 2.52. The van der Waals surface area contributed by atoms with Crippen molar-refractivity contribution < 1.29 is 48.3 Å². The molecule has 0 saturated heterocycles. The lowest BCUT2D eigenvalue weighted by Gasteiger charge is -2.53. The van der Waals surface area contributed by atoms with Crippen LogP contribution in [0.15, 0.2) is 0 Å². The van der Waals surface area contributed by atoms with Crippen molar-refractivity contribution in [1.29, 1.82) is 0 Å². The Morgan fingerprint density at radius 1 is 0.593 bits per heavy atom. The predicted octanol–water partition coefficient (Wildman–Crippen LogP) is 7.44. The van der Waals surface area contributed by atoms with E-state index in [4.69, 9.17) is 0 Å². The molecule has 0 N–H and O–H groups in total. The number of halogens is 12. The Bertz CT molecular complexity index is 488. The average molecular weight is 534 g/mol. The van der Waals surface area contributed by atoms with Gasteiger partial charge in [-0.15, -0.1) is 0 Å². The molecule has 27 heavy (non-hydrogen) atoms. The second-order valence-electron chi connectivity index (χ2n) is 6.68. The molecule has 0 nitrogen and oxygen atoms in total. The highest BCUT2D eigenvalue weighted by Crippen LogP contribution is 2.70. The molecule has 0 radical (unpaired) electrons. The molecule has 0 aromatic carbocycles. The maximum Gasteiger partial charge on any atom is 0.384 e. The fourth-order valence-corrected chi connectivity index (χ4v) is 3.97. The zero-order valence-corrected chi connectivity index (χ0v) is 16.2. The molecule has 1 rings (SSSR count). The van der Waals surface area contributed by atoms with E-state index in [9.17, 15) is 48.3 Å². The summed E-state index contributed by atoms with van der Waals surface area (Å²) in [5.74, 6) is -34.6. The van der Waals surface area contributed by atoms with Crippen LogP contribution in [0.5, 0.6) is 0 Å². The first kappa shape index (κ1) is 25.0. The van der Waals surface area contributed by atoms with Crippen molar-refractivity contribution >= 4 is 22.6 Å². The molecule has 0 aromatic rings. The van der Waals surface area contributed by atoms with Crippen molar-refractivity contribution in [2.24, 2.45) is 0 Å². The van der Waals surface area contributed by atoms with Crippen LogP contribution in [-0.4, -0.2) is 39.2 Å². The van der Waals surface area contributed by atoms with Gasteiger partial charge in [-0.05, 0) is 6.42 Å². The molecule has 1 saturated carbocycles. The molecule has 162 valence electrons. The lowest BCUT2D eigenvalue weighted by Crippen LogP contribution is -2.83. The van der Waals surface area contributed by atoms with Gasteiger partial charge in [0.1, 0.15) is 0 Å². The van der Waals surface area contributed by atoms with Gasteiger partial charge in [0.2, 0.25) is 0 Å². The van der Waals surface area contributed by atoms with E-state index < -0.39 is 45.6 Å². The van der Waals surface area contributed by atoms with Crippen LogP contribution >= 0.6 is 22.6 Å². The summed E-state index contributed by atoms with van der Waals surface area (Å²) in [4.78, 5) is 0. The minimum Gasteiger partial charge on any atom is -0.230 e. The van der Waals surface area contributed by atoms with E-state index in [0.29, 0.717) is 12.8 Å². The van der Waals surface area contributed by atoms with Crippen LogP contribution in [0.3, 0.4) is 0 Å². The first-order valence-corrected chi connectivity index (χ1v) is 9.42. The highest BCUT2D eigenvalue weighted by atomic mass is 127. The van der Waals surface area contributed by atoms with E-state index in [-0.39, 0.29) is 12.8 Å². The molecule has 1 fully saturated rings. The van der Waals surface area contributed by atoms with Crippen molar-refractivity contribution in [2.45, 2.75) is 91.1 Å². The van der Waals surface area contributed by atoms with Gasteiger partial charge < -0.3 is 0 Å². The van der Waals surface area contributed by atoms with Crippen LogP contribution in [0.2, 0.25) is 0 Å². The fraction of sp³-hybridized carbons (Fsp3) is 1.00. The molecule has 0 heterocycles. The maximum atomic E-state index is 14.5. The van der Waals surface area contributed by atoms with E-state index in [2.05, 4.69) is 0 Å². The zero-order chi connectivity index (χ0) is 21.5. The molecule has 1 aliphatic rings. The molecule has 1 aliphatic carbocycles. The van der Waals surface area contributed by atoms with E-state index in [1.165, 1.54) is 22.6 Å². The summed E-state index contributed by atoms with van der Waals surface area (Å²) in [6.07, 6.45) is 0.752. The second-order valence-corrected chi connectivity index (χ2v) is 8.44. The van der Waals surface area contributed by atoms with Crippen LogP contribution in [-0.2, 0) is 0 Å². The van der Waals surface area contributed by atoms with Crippen molar-refractivity contribution in [3.05, 3.63) is 0 Å². The van der Waals surface area contributed by atoms with Gasteiger partial charge in [0.05, 0.1) is 0 Å². The summed E-state index contributed by atoms with van der Waals surface area (Å²) in [6.45, 7) is 1.89. The minimum atomic E-state index is -7.14. The summed E-state index contributed by atoms with van der Waals surface area (Å²) in [7, 11) is 0. The predicted molar refractivity (Wildman–Crippen MR) is 84.4 cm³/mol. The Morgan fingerprint density at radius 3 is 1.37 bits per heavy atom. The van der Waals surface area contributed by atoms with Crippen LogP contribution in [0.4, 0.5) is 48.3 Å². The third-order valence-corrected chi connectivity index (χ3v) is 5.76. The Labute approximate surface area is 162 Å². The third kappa shape index (κ3) is 3.43. The Kier molecular flexibility index (Phi) is 7.09. The van der Waals surface area contributed by atoms with E-state index in [1.54, 1.807) is 0 Å². The number of unbranched alkanes of at least 4 members (excludes halogenated alkanes) is 4. The van der Waals surface area contributed by atoms with Crippen molar-refractivity contribution in [2.75, 3.05) is 0 Å². The lowest BCUT2D eigenvalue weighted by molar-refractivity contribution is -0.485. The number of rotatable bonds is 8. The number of alkyl halides is 12. The SMILES string of the molecule is CCCCCCCC(I)CC1(F)C(F)(F)C(F)(F)C(F)(F)C(F)(F)C1(F)F. The molecule has 12 heteroatoms. The van der Waals surface area contributed by atoms with E-state index in [1.807, 2.05) is 6.92 Å². The summed E-state index contributed by atoms with van der Waals surface area (Å²) in [5.41, 5.74) is -5.84. The molecular weight excluding hydrogens is 516 g/mol. The smallest absolute Gasteiger partial charge is 0.230 e. The molecule has 1 unspecified atom stereocenters. The Hall–Kier alpha value is -0.0400. The van der Waals surface area contributed by atoms with Gasteiger partial charge in [-0.2, -0.15) is 43.9 Å². The van der Waals surface area contributed by atoms with Crippen LogP contribution in [0.25, 0.3) is 0 Å². The monoisotopic (exact) mass is 534 g/mol. The van der Waals surface area contributed by atoms with Crippen molar-refractivity contribution in [3.63, 3.8) is 0 Å². The normalized spacial score (nSPS) is 27.9. The van der Waals surface area contributed by atoms with E-state index >= 15 is 0 Å². The first-order chi connectivity index (χ1) is 12.0. The second kappa shape index (κ2) is 7.66. The van der Waals surface area contributed by atoms with Gasteiger partial charge in [0.25, 0.3) is 5.67 Å². The summed E-state index contributed by atoms with van der Waals surface area (Å²) >= 11 is 1.20. The number of hydrogen-bond donors (Lipinski definition) is 0. The Balaban J connectivity index is 3.18. The lowest BCUT2D eigenvalue weighted by atomic mass is 9.70. The standard InChI is InChI=1S/C15H18F11I/c1-2-3-4-5-6-7-9(27)8-10(16)11(17,18)13(21,22)15(25,26)14(23,24)12(10,19)20/h9H,2-8H2,1H3. The molecular formula is C15H18F11I. The van der Waals surface area contributed by atoms with Gasteiger partial charge in [-0.3, -0.25) is 0 Å². The van der Waals surface area contributed by atoms with Gasteiger partial charge in [0, 0.05) is 10.3 Å². The molecule has 0 bridgehead atoms. The molecule has 0 aromatic heterocycles. The highest BCUT2D eigenvalue weighted by molar-refractivity contribution is 14.1. The van der Waals surface area contributed by atoms with Crippen molar-refractivity contribution in [3.8, 4) is 0 Å². The van der Waals surface area contributed by atoms with Gasteiger partial charge in [-0.25, -0.2) is 4.39 Å². The molecule has 0 amide bonds. The van der Waals surface area contributed by atoms with Gasteiger partial charge in [0.15, 0.2) is 0 Å². The third-order valence-electron chi connectivity index (χ3n) is 4.70. The number of hydrogen-bond acceptors (Lipinski definition) is 0. The van der Waals surface area contributed by atoms with Crippen LogP contribution < -0.4 is 0 Å². The van der Waals surface area contributed by atoms with Gasteiger partial charge in [-0.1, -0.05) is 61.6 Å². The molecule has 0 spiro atoms. The summed E-state index contributed by atoms with van der Waals surface area (Å²) in [6, 6.07) is 0. The van der Waals surface area contributed by atoms with Crippen molar-refractivity contribution in [1.82, 2.24) is 0 Å². The Morgan fingerprint density at radius 2 is 0.963 bits per heavy atom.